The molecule has 1 aromatic heterocycles. The van der Waals surface area contributed by atoms with Gasteiger partial charge in [0.1, 0.15) is 5.76 Å². The Hall–Kier alpha value is -0.760. The van der Waals surface area contributed by atoms with E-state index in [1.165, 1.54) is 25.0 Å². The van der Waals surface area contributed by atoms with Gasteiger partial charge in [0.25, 0.3) is 0 Å². The summed E-state index contributed by atoms with van der Waals surface area (Å²) in [6.45, 7) is 4.38. The van der Waals surface area contributed by atoms with Crippen LogP contribution in [0, 0.1) is 5.92 Å². The Balaban J connectivity index is 1.97. The molecule has 2 rings (SSSR count). The summed E-state index contributed by atoms with van der Waals surface area (Å²) in [5.41, 5.74) is 0. The van der Waals surface area contributed by atoms with E-state index in [2.05, 4.69) is 18.3 Å². The largest absolute Gasteiger partial charge is 0.469 e. The summed E-state index contributed by atoms with van der Waals surface area (Å²) < 4.78 is 5.50. The van der Waals surface area contributed by atoms with Crippen LogP contribution in [0.1, 0.15) is 37.9 Å². The van der Waals surface area contributed by atoms with Crippen molar-refractivity contribution in [2.75, 3.05) is 13.1 Å². The number of rotatable bonds is 4. The van der Waals surface area contributed by atoms with Gasteiger partial charge in [-0.25, -0.2) is 0 Å². The van der Waals surface area contributed by atoms with E-state index in [9.17, 15) is 0 Å². The molecule has 0 aliphatic heterocycles. The summed E-state index contributed by atoms with van der Waals surface area (Å²) >= 11 is 0. The third-order valence-electron chi connectivity index (χ3n) is 3.22. The van der Waals surface area contributed by atoms with E-state index in [0.29, 0.717) is 5.92 Å². The van der Waals surface area contributed by atoms with Gasteiger partial charge in [-0.2, -0.15) is 0 Å². The zero-order valence-electron chi connectivity index (χ0n) is 8.83. The zero-order chi connectivity index (χ0) is 9.80. The lowest BCUT2D eigenvalue weighted by molar-refractivity contribution is 0.383. The normalized spacial score (nSPS) is 26.9. The smallest absolute Gasteiger partial charge is 0.107 e. The van der Waals surface area contributed by atoms with Crippen LogP contribution in [0.3, 0.4) is 0 Å². The molecule has 14 heavy (non-hydrogen) atoms. The Labute approximate surface area is 85.7 Å². The molecule has 0 radical (unpaired) electrons. The van der Waals surface area contributed by atoms with Gasteiger partial charge in [0.2, 0.25) is 0 Å². The first-order valence-electron chi connectivity index (χ1n) is 5.66. The fourth-order valence-electron chi connectivity index (χ4n) is 2.49. The molecule has 0 amide bonds. The van der Waals surface area contributed by atoms with Crippen LogP contribution in [0.5, 0.6) is 0 Å². The van der Waals surface area contributed by atoms with E-state index in [-0.39, 0.29) is 0 Å². The van der Waals surface area contributed by atoms with E-state index in [0.717, 1.165) is 19.0 Å². The third kappa shape index (κ3) is 2.01. The van der Waals surface area contributed by atoms with E-state index < -0.39 is 0 Å². The highest BCUT2D eigenvalue weighted by Gasteiger charge is 2.29. The zero-order valence-corrected chi connectivity index (χ0v) is 8.83. The Kier molecular flexibility index (Phi) is 3.25. The molecule has 1 N–H and O–H groups in total. The van der Waals surface area contributed by atoms with Gasteiger partial charge in [0.15, 0.2) is 0 Å². The van der Waals surface area contributed by atoms with Crippen molar-refractivity contribution in [3.05, 3.63) is 24.2 Å². The van der Waals surface area contributed by atoms with Crippen LogP contribution in [0.25, 0.3) is 0 Å². The second-order valence-corrected chi connectivity index (χ2v) is 4.12. The van der Waals surface area contributed by atoms with Crippen molar-refractivity contribution in [2.24, 2.45) is 5.92 Å². The van der Waals surface area contributed by atoms with Crippen molar-refractivity contribution in [3.63, 3.8) is 0 Å². The summed E-state index contributed by atoms with van der Waals surface area (Å²) in [5.74, 6) is 2.62. The average molecular weight is 193 g/mol. The first kappa shape index (κ1) is 9.78. The van der Waals surface area contributed by atoms with E-state index in [1.807, 2.05) is 6.07 Å². The molecular weight excluding hydrogens is 174 g/mol. The van der Waals surface area contributed by atoms with E-state index in [4.69, 9.17) is 4.42 Å². The predicted molar refractivity (Wildman–Crippen MR) is 57.3 cm³/mol. The Bertz CT molecular complexity index is 255. The van der Waals surface area contributed by atoms with Gasteiger partial charge in [0, 0.05) is 5.92 Å². The molecule has 1 heterocycles. The molecule has 1 aliphatic rings. The van der Waals surface area contributed by atoms with Crippen LogP contribution >= 0.6 is 0 Å². The molecule has 0 saturated heterocycles. The maximum Gasteiger partial charge on any atom is 0.107 e. The van der Waals surface area contributed by atoms with Crippen molar-refractivity contribution in [1.29, 1.82) is 0 Å². The predicted octanol–water partition coefficient (Wildman–Crippen LogP) is 2.77. The van der Waals surface area contributed by atoms with E-state index in [1.54, 1.807) is 6.26 Å². The second kappa shape index (κ2) is 4.65. The number of nitrogens with one attached hydrogen (secondary N) is 1. The van der Waals surface area contributed by atoms with Crippen molar-refractivity contribution < 1.29 is 4.42 Å². The van der Waals surface area contributed by atoms with Crippen molar-refractivity contribution in [1.82, 2.24) is 5.32 Å². The van der Waals surface area contributed by atoms with Gasteiger partial charge in [-0.15, -0.1) is 0 Å². The third-order valence-corrected chi connectivity index (χ3v) is 3.22. The molecule has 0 bridgehead atoms. The number of hydrogen-bond acceptors (Lipinski definition) is 2. The Morgan fingerprint density at radius 3 is 3.14 bits per heavy atom. The molecule has 1 aliphatic carbocycles. The Morgan fingerprint density at radius 2 is 2.43 bits per heavy atom. The van der Waals surface area contributed by atoms with Crippen molar-refractivity contribution in [2.45, 2.75) is 32.1 Å². The molecule has 1 aromatic rings. The quantitative estimate of drug-likeness (QED) is 0.795. The summed E-state index contributed by atoms with van der Waals surface area (Å²) in [7, 11) is 0. The molecule has 0 aromatic carbocycles. The molecule has 0 spiro atoms. The summed E-state index contributed by atoms with van der Waals surface area (Å²) in [6.07, 6.45) is 5.78. The lowest BCUT2D eigenvalue weighted by Crippen LogP contribution is -2.24. The van der Waals surface area contributed by atoms with Gasteiger partial charge < -0.3 is 9.73 Å². The Morgan fingerprint density at radius 1 is 1.50 bits per heavy atom. The van der Waals surface area contributed by atoms with Crippen LogP contribution in [0.2, 0.25) is 0 Å². The van der Waals surface area contributed by atoms with E-state index >= 15 is 0 Å². The van der Waals surface area contributed by atoms with Gasteiger partial charge >= 0.3 is 0 Å². The summed E-state index contributed by atoms with van der Waals surface area (Å²) in [6, 6.07) is 4.12. The summed E-state index contributed by atoms with van der Waals surface area (Å²) in [4.78, 5) is 0. The standard InChI is InChI=1S/C12H19NO/c1-2-13-9-10-5-3-6-11(10)12-7-4-8-14-12/h4,7-8,10-11,13H,2-3,5-6,9H2,1H3. The highest BCUT2D eigenvalue weighted by atomic mass is 16.3. The SMILES string of the molecule is CCNCC1CCCC1c1ccco1. The molecule has 2 atom stereocenters. The highest BCUT2D eigenvalue weighted by molar-refractivity contribution is 5.09. The molecule has 1 fully saturated rings. The van der Waals surface area contributed by atoms with Crippen LogP contribution in [0.4, 0.5) is 0 Å². The molecule has 2 nitrogen and oxygen atoms in total. The molecule has 2 unspecified atom stereocenters. The fraction of sp³-hybridized carbons (Fsp3) is 0.667. The van der Waals surface area contributed by atoms with Crippen LogP contribution in [-0.2, 0) is 0 Å². The van der Waals surface area contributed by atoms with Gasteiger partial charge in [0.05, 0.1) is 6.26 Å². The maximum atomic E-state index is 5.50. The van der Waals surface area contributed by atoms with Crippen molar-refractivity contribution in [3.8, 4) is 0 Å². The number of furan rings is 1. The molecule has 1 saturated carbocycles. The maximum absolute atomic E-state index is 5.50. The first-order valence-corrected chi connectivity index (χ1v) is 5.66. The lowest BCUT2D eigenvalue weighted by atomic mass is 9.93. The van der Waals surface area contributed by atoms with Gasteiger partial charge in [-0.1, -0.05) is 13.3 Å². The van der Waals surface area contributed by atoms with Gasteiger partial charge in [-0.3, -0.25) is 0 Å². The van der Waals surface area contributed by atoms with Crippen LogP contribution in [0.15, 0.2) is 22.8 Å². The molecular formula is C12H19NO. The first-order chi connectivity index (χ1) is 6.92. The fourth-order valence-corrected chi connectivity index (χ4v) is 2.49. The minimum atomic E-state index is 0.657. The van der Waals surface area contributed by atoms with Gasteiger partial charge in [-0.05, 0) is 44.0 Å². The van der Waals surface area contributed by atoms with Crippen molar-refractivity contribution >= 4 is 0 Å². The molecule has 78 valence electrons. The topological polar surface area (TPSA) is 25.2 Å². The van der Waals surface area contributed by atoms with Crippen LogP contribution < -0.4 is 5.32 Å². The monoisotopic (exact) mass is 193 g/mol. The number of hydrogen-bond donors (Lipinski definition) is 1. The minimum absolute atomic E-state index is 0.657. The minimum Gasteiger partial charge on any atom is -0.469 e. The second-order valence-electron chi connectivity index (χ2n) is 4.12. The molecule has 2 heteroatoms. The highest BCUT2D eigenvalue weighted by Crippen LogP contribution is 2.39. The lowest BCUT2D eigenvalue weighted by Gasteiger charge is -2.17. The summed E-state index contributed by atoms with van der Waals surface area (Å²) in [5, 5.41) is 3.44. The average Bonchev–Trinajstić information content (AvgIpc) is 2.84. The van der Waals surface area contributed by atoms with Crippen LogP contribution in [-0.4, -0.2) is 13.1 Å².